The second-order valence-electron chi connectivity index (χ2n) is 5.29. The topological polar surface area (TPSA) is 186 Å². The largest absolute Gasteiger partial charge is 0.478 e. The van der Waals surface area contributed by atoms with Gasteiger partial charge in [-0.25, -0.2) is 14.8 Å². The first-order valence-electron chi connectivity index (χ1n) is 7.29. The van der Waals surface area contributed by atoms with Crippen LogP contribution in [0.25, 0.3) is 0 Å². The van der Waals surface area contributed by atoms with Crippen LogP contribution in [0.1, 0.15) is 33.1 Å². The second-order valence-corrected chi connectivity index (χ2v) is 5.29. The van der Waals surface area contributed by atoms with Crippen LogP contribution in [0.15, 0.2) is 29.3 Å². The smallest absolute Gasteiger partial charge is 0.336 e. The Hall–Kier alpha value is -4.31. The first-order chi connectivity index (χ1) is 12.5. The summed E-state index contributed by atoms with van der Waals surface area (Å²) in [5.41, 5.74) is 12.6. The van der Waals surface area contributed by atoms with E-state index in [0.29, 0.717) is 11.1 Å². The van der Waals surface area contributed by atoms with Crippen molar-refractivity contribution >= 4 is 29.3 Å². The Morgan fingerprint density at radius 3 is 2.69 bits per heavy atom. The quantitative estimate of drug-likeness (QED) is 0.385. The molecule has 3 rings (SSSR count). The first kappa shape index (κ1) is 16.5. The van der Waals surface area contributed by atoms with Crippen molar-refractivity contribution in [1.29, 1.82) is 10.5 Å². The fourth-order valence-corrected chi connectivity index (χ4v) is 2.74. The number of fused-ring (bicyclic) bond motifs is 1. The molecule has 1 aliphatic heterocycles. The van der Waals surface area contributed by atoms with Gasteiger partial charge in [0.05, 0.1) is 11.3 Å². The molecule has 2 heterocycles. The van der Waals surface area contributed by atoms with Gasteiger partial charge in [-0.1, -0.05) is 18.2 Å². The molecule has 0 bridgehead atoms. The van der Waals surface area contributed by atoms with Gasteiger partial charge in [0.25, 0.3) is 0 Å². The number of nitrogens with zero attached hydrogens (tertiary/aromatic N) is 4. The predicted molar refractivity (Wildman–Crippen MR) is 92.8 cm³/mol. The summed E-state index contributed by atoms with van der Waals surface area (Å²) in [5, 5.41) is 32.7. The number of nitrogens with two attached hydrogens (primary N) is 2. The molecular formula is C16H12N8O2. The number of anilines is 3. The van der Waals surface area contributed by atoms with Crippen LogP contribution in [0.3, 0.4) is 0 Å². The van der Waals surface area contributed by atoms with Gasteiger partial charge in [-0.15, -0.1) is 0 Å². The number of nitriles is 2. The summed E-state index contributed by atoms with van der Waals surface area (Å²) in [4.78, 5) is 20.0. The number of hydrogen-bond donors (Lipinski definition) is 5. The summed E-state index contributed by atoms with van der Waals surface area (Å²) in [6.45, 7) is 0. The van der Waals surface area contributed by atoms with E-state index in [1.54, 1.807) is 24.4 Å². The fraction of sp³-hybridized carbons (Fsp3) is 0.0625. The van der Waals surface area contributed by atoms with Gasteiger partial charge >= 0.3 is 5.97 Å². The van der Waals surface area contributed by atoms with Gasteiger partial charge in [-0.2, -0.15) is 10.5 Å². The number of aromatic carboxylic acids is 1. The van der Waals surface area contributed by atoms with E-state index in [0.717, 1.165) is 0 Å². The zero-order valence-electron chi connectivity index (χ0n) is 13.2. The molecule has 1 aliphatic rings. The number of aromatic nitrogens is 1. The molecule has 0 fully saturated rings. The Morgan fingerprint density at radius 2 is 2.04 bits per heavy atom. The minimum Gasteiger partial charge on any atom is -0.478 e. The van der Waals surface area contributed by atoms with Crippen molar-refractivity contribution in [3.05, 3.63) is 46.5 Å². The van der Waals surface area contributed by atoms with Crippen molar-refractivity contribution in [2.24, 2.45) is 4.99 Å². The number of nitrogen functional groups attached to an aromatic ring is 2. The number of carbonyl (C=O) groups is 1. The van der Waals surface area contributed by atoms with Gasteiger partial charge in [0.1, 0.15) is 29.3 Å². The third-order valence-electron chi connectivity index (χ3n) is 3.84. The SMILES string of the molecule is N#CNC1=NC(c2ccccc2C(=O)O)c2c(nc(N)c(C#N)c2N)N1. The lowest BCUT2D eigenvalue weighted by atomic mass is 9.92. The lowest BCUT2D eigenvalue weighted by Gasteiger charge is -2.26. The van der Waals surface area contributed by atoms with Crippen LogP contribution in [0.4, 0.5) is 17.3 Å². The van der Waals surface area contributed by atoms with E-state index in [4.69, 9.17) is 16.7 Å². The Kier molecular flexibility index (Phi) is 4.01. The average Bonchev–Trinajstić information content (AvgIpc) is 2.61. The van der Waals surface area contributed by atoms with Crippen molar-refractivity contribution in [3.8, 4) is 12.3 Å². The molecule has 7 N–H and O–H groups in total. The molecule has 2 aromatic rings. The fourth-order valence-electron chi connectivity index (χ4n) is 2.74. The second kappa shape index (κ2) is 6.30. The molecule has 10 nitrogen and oxygen atoms in total. The summed E-state index contributed by atoms with van der Waals surface area (Å²) in [6, 6.07) is 7.24. The van der Waals surface area contributed by atoms with E-state index in [1.165, 1.54) is 6.07 Å². The zero-order chi connectivity index (χ0) is 18.8. The summed E-state index contributed by atoms with van der Waals surface area (Å²) in [5.74, 6) is -0.981. The van der Waals surface area contributed by atoms with E-state index in [9.17, 15) is 15.2 Å². The molecule has 0 spiro atoms. The molecular weight excluding hydrogens is 336 g/mol. The van der Waals surface area contributed by atoms with Crippen LogP contribution in [0.5, 0.6) is 0 Å². The highest BCUT2D eigenvalue weighted by molar-refractivity contribution is 5.99. The van der Waals surface area contributed by atoms with Crippen LogP contribution in [0, 0.1) is 22.8 Å². The van der Waals surface area contributed by atoms with Gasteiger partial charge in [-0.3, -0.25) is 5.32 Å². The Labute approximate surface area is 147 Å². The number of carboxylic acids is 1. The van der Waals surface area contributed by atoms with Crippen molar-refractivity contribution in [3.63, 3.8) is 0 Å². The van der Waals surface area contributed by atoms with Gasteiger partial charge in [0.15, 0.2) is 6.19 Å². The maximum Gasteiger partial charge on any atom is 0.336 e. The van der Waals surface area contributed by atoms with E-state index in [1.807, 2.05) is 6.07 Å². The molecule has 1 atom stereocenters. The van der Waals surface area contributed by atoms with Crippen molar-refractivity contribution in [2.75, 3.05) is 16.8 Å². The van der Waals surface area contributed by atoms with E-state index in [-0.39, 0.29) is 34.4 Å². The third-order valence-corrected chi connectivity index (χ3v) is 3.84. The van der Waals surface area contributed by atoms with Gasteiger partial charge in [-0.05, 0) is 11.6 Å². The Balaban J connectivity index is 2.31. The highest BCUT2D eigenvalue weighted by Gasteiger charge is 2.31. The molecule has 1 unspecified atom stereocenters. The minimum atomic E-state index is -1.15. The highest BCUT2D eigenvalue weighted by Crippen LogP contribution is 2.41. The monoisotopic (exact) mass is 348 g/mol. The van der Waals surface area contributed by atoms with Crippen LogP contribution in [-0.2, 0) is 0 Å². The molecule has 0 aliphatic carbocycles. The van der Waals surface area contributed by atoms with Crippen LogP contribution in [-0.4, -0.2) is 22.0 Å². The predicted octanol–water partition coefficient (Wildman–Crippen LogP) is 0.757. The minimum absolute atomic E-state index is 0.0140. The lowest BCUT2D eigenvalue weighted by Crippen LogP contribution is -2.33. The first-order valence-corrected chi connectivity index (χ1v) is 7.29. The van der Waals surface area contributed by atoms with Crippen molar-refractivity contribution < 1.29 is 9.90 Å². The van der Waals surface area contributed by atoms with Gasteiger partial charge in [0, 0.05) is 5.56 Å². The van der Waals surface area contributed by atoms with Crippen LogP contribution in [0.2, 0.25) is 0 Å². The van der Waals surface area contributed by atoms with E-state index < -0.39 is 12.0 Å². The van der Waals surface area contributed by atoms with Crippen molar-refractivity contribution in [1.82, 2.24) is 10.3 Å². The molecule has 0 radical (unpaired) electrons. The number of rotatable bonds is 2. The number of pyridine rings is 1. The van der Waals surface area contributed by atoms with Crippen LogP contribution < -0.4 is 22.1 Å². The highest BCUT2D eigenvalue weighted by atomic mass is 16.4. The third kappa shape index (κ3) is 2.57. The number of aliphatic imine (C=N–C) groups is 1. The molecule has 26 heavy (non-hydrogen) atoms. The molecule has 0 saturated carbocycles. The van der Waals surface area contributed by atoms with E-state index >= 15 is 0 Å². The maximum atomic E-state index is 11.6. The van der Waals surface area contributed by atoms with E-state index in [2.05, 4.69) is 20.6 Å². The number of hydrogen-bond acceptors (Lipinski definition) is 9. The van der Waals surface area contributed by atoms with Gasteiger partial charge in [0.2, 0.25) is 5.96 Å². The van der Waals surface area contributed by atoms with Gasteiger partial charge < -0.3 is 21.9 Å². The summed E-state index contributed by atoms with van der Waals surface area (Å²) < 4.78 is 0. The maximum absolute atomic E-state index is 11.6. The molecule has 0 saturated heterocycles. The summed E-state index contributed by atoms with van der Waals surface area (Å²) in [6.07, 6.45) is 1.73. The summed E-state index contributed by atoms with van der Waals surface area (Å²) in [7, 11) is 0. The molecule has 128 valence electrons. The molecule has 1 aromatic heterocycles. The number of guanidine groups is 1. The number of carboxylic acid groups (broad SMARTS) is 1. The molecule has 10 heteroatoms. The number of nitrogens with one attached hydrogen (secondary N) is 2. The average molecular weight is 348 g/mol. The molecule has 0 amide bonds. The Bertz CT molecular complexity index is 1030. The summed E-state index contributed by atoms with van der Waals surface area (Å²) >= 11 is 0. The van der Waals surface area contributed by atoms with Crippen molar-refractivity contribution in [2.45, 2.75) is 6.04 Å². The Morgan fingerprint density at radius 1 is 1.31 bits per heavy atom. The lowest BCUT2D eigenvalue weighted by molar-refractivity contribution is 0.0695. The normalized spacial score (nSPS) is 14.8. The number of benzene rings is 1. The molecule has 1 aromatic carbocycles. The van der Waals surface area contributed by atoms with Crippen LogP contribution >= 0.6 is 0 Å². The standard InChI is InChI=1S/C16H12N8O2/c17-5-9-11(19)10-12(7-3-1-2-4-8(7)15(25)26)22-16(21-6-18)24-14(10)23-13(9)20/h1-4,12H,(H,25,26)(H6,19,20,21,22,23,24). The zero-order valence-corrected chi connectivity index (χ0v) is 13.2.